The van der Waals surface area contributed by atoms with Crippen LogP contribution in [0.25, 0.3) is 22.9 Å². The standard InChI is InChI=1S/C20H16N2OS/c1-2-23-18-10-8-15(9-11-18)12-17(13-21)20-22-19(14-24-20)16-6-4-3-5-7-16/h3-12,14H,2H2,1H3/b17-12-. The molecule has 2 aromatic carbocycles. The molecule has 0 atom stereocenters. The van der Waals surface area contributed by atoms with E-state index in [2.05, 4.69) is 11.1 Å². The van der Waals surface area contributed by atoms with Gasteiger partial charge in [0.2, 0.25) is 0 Å². The number of benzene rings is 2. The molecule has 0 aliphatic heterocycles. The Balaban J connectivity index is 1.86. The summed E-state index contributed by atoms with van der Waals surface area (Å²) in [5.74, 6) is 0.828. The minimum Gasteiger partial charge on any atom is -0.494 e. The number of nitriles is 1. The molecule has 0 fully saturated rings. The van der Waals surface area contributed by atoms with E-state index in [0.717, 1.165) is 27.6 Å². The number of nitrogens with zero attached hydrogens (tertiary/aromatic N) is 2. The molecule has 0 spiro atoms. The van der Waals surface area contributed by atoms with Gasteiger partial charge in [0.25, 0.3) is 0 Å². The van der Waals surface area contributed by atoms with Crippen molar-refractivity contribution >= 4 is 23.0 Å². The summed E-state index contributed by atoms with van der Waals surface area (Å²) in [7, 11) is 0. The van der Waals surface area contributed by atoms with E-state index in [1.54, 1.807) is 0 Å². The number of hydrogen-bond acceptors (Lipinski definition) is 4. The van der Waals surface area contributed by atoms with Crippen molar-refractivity contribution in [1.82, 2.24) is 4.98 Å². The molecular weight excluding hydrogens is 316 g/mol. The van der Waals surface area contributed by atoms with E-state index in [1.807, 2.05) is 73.0 Å². The second-order valence-corrected chi connectivity index (χ2v) is 5.93. The van der Waals surface area contributed by atoms with E-state index in [-0.39, 0.29) is 0 Å². The summed E-state index contributed by atoms with van der Waals surface area (Å²) in [5, 5.41) is 12.2. The Labute approximate surface area is 145 Å². The van der Waals surface area contributed by atoms with Gasteiger partial charge in [0.15, 0.2) is 0 Å². The van der Waals surface area contributed by atoms with E-state index >= 15 is 0 Å². The zero-order chi connectivity index (χ0) is 16.8. The zero-order valence-electron chi connectivity index (χ0n) is 13.3. The van der Waals surface area contributed by atoms with Gasteiger partial charge in [-0.25, -0.2) is 4.98 Å². The van der Waals surface area contributed by atoms with Gasteiger partial charge in [-0.05, 0) is 30.7 Å². The number of ether oxygens (including phenoxy) is 1. The molecule has 0 bridgehead atoms. The summed E-state index contributed by atoms with van der Waals surface area (Å²) >= 11 is 1.48. The minimum atomic E-state index is 0.561. The highest BCUT2D eigenvalue weighted by Crippen LogP contribution is 2.27. The predicted octanol–water partition coefficient (Wildman–Crippen LogP) is 5.27. The molecule has 0 amide bonds. The smallest absolute Gasteiger partial charge is 0.134 e. The fourth-order valence-corrected chi connectivity index (χ4v) is 3.07. The van der Waals surface area contributed by atoms with Crippen LogP contribution in [-0.4, -0.2) is 11.6 Å². The summed E-state index contributed by atoms with van der Waals surface area (Å²) in [6.45, 7) is 2.59. The van der Waals surface area contributed by atoms with Gasteiger partial charge in [0.05, 0.1) is 17.9 Å². The third-order valence-corrected chi connectivity index (χ3v) is 4.30. The van der Waals surface area contributed by atoms with Gasteiger partial charge >= 0.3 is 0 Å². The van der Waals surface area contributed by atoms with Crippen LogP contribution in [0.4, 0.5) is 0 Å². The van der Waals surface area contributed by atoms with Gasteiger partial charge < -0.3 is 4.74 Å². The Hall–Kier alpha value is -2.90. The first-order valence-electron chi connectivity index (χ1n) is 7.66. The van der Waals surface area contributed by atoms with Gasteiger partial charge in [-0.15, -0.1) is 11.3 Å². The fourth-order valence-electron chi connectivity index (χ4n) is 2.27. The molecule has 1 aromatic heterocycles. The number of aromatic nitrogens is 1. The third-order valence-electron chi connectivity index (χ3n) is 3.43. The first-order valence-corrected chi connectivity index (χ1v) is 8.54. The number of hydrogen-bond donors (Lipinski definition) is 0. The lowest BCUT2D eigenvalue weighted by Gasteiger charge is -2.02. The van der Waals surface area contributed by atoms with Crippen molar-refractivity contribution in [2.75, 3.05) is 6.61 Å². The van der Waals surface area contributed by atoms with Crippen molar-refractivity contribution in [1.29, 1.82) is 5.26 Å². The molecule has 3 nitrogen and oxygen atoms in total. The van der Waals surface area contributed by atoms with Gasteiger partial charge in [-0.2, -0.15) is 5.26 Å². The topological polar surface area (TPSA) is 45.9 Å². The quantitative estimate of drug-likeness (QED) is 0.598. The summed E-state index contributed by atoms with van der Waals surface area (Å²) < 4.78 is 5.43. The van der Waals surface area contributed by atoms with Crippen molar-refractivity contribution in [3.8, 4) is 23.1 Å². The Morgan fingerprint density at radius 1 is 1.17 bits per heavy atom. The van der Waals surface area contributed by atoms with E-state index in [0.29, 0.717) is 12.2 Å². The Kier molecular flexibility index (Phi) is 5.05. The van der Waals surface area contributed by atoms with E-state index in [9.17, 15) is 5.26 Å². The van der Waals surface area contributed by atoms with E-state index in [1.165, 1.54) is 11.3 Å². The molecule has 1 heterocycles. The van der Waals surface area contributed by atoms with Crippen LogP contribution in [-0.2, 0) is 0 Å². The highest BCUT2D eigenvalue weighted by molar-refractivity contribution is 7.11. The Bertz CT molecular complexity index is 874. The molecule has 0 aliphatic carbocycles. The van der Waals surface area contributed by atoms with Gasteiger partial charge in [0, 0.05) is 10.9 Å². The molecular formula is C20H16N2OS. The van der Waals surface area contributed by atoms with Crippen LogP contribution in [0.2, 0.25) is 0 Å². The molecule has 0 aliphatic rings. The highest BCUT2D eigenvalue weighted by atomic mass is 32.1. The van der Waals surface area contributed by atoms with Crippen molar-refractivity contribution < 1.29 is 4.74 Å². The van der Waals surface area contributed by atoms with Crippen LogP contribution in [0.1, 0.15) is 17.5 Å². The van der Waals surface area contributed by atoms with Crippen LogP contribution in [0, 0.1) is 11.3 Å². The van der Waals surface area contributed by atoms with Crippen LogP contribution in [0.15, 0.2) is 60.0 Å². The first kappa shape index (κ1) is 16.0. The zero-order valence-corrected chi connectivity index (χ0v) is 14.1. The summed E-state index contributed by atoms with van der Waals surface area (Å²) in [6.07, 6.45) is 1.85. The molecule has 24 heavy (non-hydrogen) atoms. The predicted molar refractivity (Wildman–Crippen MR) is 98.6 cm³/mol. The molecule has 0 N–H and O–H groups in total. The number of thiazole rings is 1. The SMILES string of the molecule is CCOc1ccc(/C=C(/C#N)c2nc(-c3ccccc3)cs2)cc1. The summed E-state index contributed by atoms with van der Waals surface area (Å²) in [4.78, 5) is 4.60. The first-order chi connectivity index (χ1) is 11.8. The second-order valence-electron chi connectivity index (χ2n) is 5.08. The van der Waals surface area contributed by atoms with Crippen LogP contribution < -0.4 is 4.74 Å². The van der Waals surface area contributed by atoms with E-state index < -0.39 is 0 Å². The molecule has 4 heteroatoms. The average Bonchev–Trinajstić information content (AvgIpc) is 3.12. The largest absolute Gasteiger partial charge is 0.494 e. The number of allylic oxidation sites excluding steroid dienone is 1. The maximum absolute atomic E-state index is 9.48. The monoisotopic (exact) mass is 332 g/mol. The molecule has 0 radical (unpaired) electrons. The Morgan fingerprint density at radius 2 is 1.92 bits per heavy atom. The van der Waals surface area contributed by atoms with Gasteiger partial charge in [-0.3, -0.25) is 0 Å². The van der Waals surface area contributed by atoms with Gasteiger partial charge in [-0.1, -0.05) is 42.5 Å². The average molecular weight is 332 g/mol. The molecule has 0 unspecified atom stereocenters. The second kappa shape index (κ2) is 7.58. The maximum Gasteiger partial charge on any atom is 0.134 e. The van der Waals surface area contributed by atoms with Crippen LogP contribution in [0.5, 0.6) is 5.75 Å². The summed E-state index contributed by atoms with van der Waals surface area (Å²) in [5.41, 5.74) is 3.46. The lowest BCUT2D eigenvalue weighted by molar-refractivity contribution is 0.340. The van der Waals surface area contributed by atoms with Crippen molar-refractivity contribution in [3.05, 3.63) is 70.5 Å². The molecule has 3 aromatic rings. The van der Waals surface area contributed by atoms with Crippen molar-refractivity contribution in [2.45, 2.75) is 6.92 Å². The Morgan fingerprint density at radius 3 is 2.58 bits per heavy atom. The normalized spacial score (nSPS) is 11.1. The highest BCUT2D eigenvalue weighted by Gasteiger charge is 2.09. The molecule has 3 rings (SSSR count). The molecule has 0 saturated heterocycles. The van der Waals surface area contributed by atoms with Crippen molar-refractivity contribution in [3.63, 3.8) is 0 Å². The lowest BCUT2D eigenvalue weighted by Crippen LogP contribution is -1.90. The van der Waals surface area contributed by atoms with Crippen molar-refractivity contribution in [2.24, 2.45) is 0 Å². The van der Waals surface area contributed by atoms with Gasteiger partial charge in [0.1, 0.15) is 16.8 Å². The maximum atomic E-state index is 9.48. The lowest BCUT2D eigenvalue weighted by atomic mass is 10.1. The number of rotatable bonds is 5. The molecule has 118 valence electrons. The minimum absolute atomic E-state index is 0.561. The third kappa shape index (κ3) is 3.70. The van der Waals surface area contributed by atoms with Crippen LogP contribution in [0.3, 0.4) is 0 Å². The van der Waals surface area contributed by atoms with Crippen LogP contribution >= 0.6 is 11.3 Å². The fraction of sp³-hybridized carbons (Fsp3) is 0.100. The summed E-state index contributed by atoms with van der Waals surface area (Å²) in [6, 6.07) is 19.9. The van der Waals surface area contributed by atoms with E-state index in [4.69, 9.17) is 4.74 Å². The molecule has 0 saturated carbocycles.